The fourth-order valence-corrected chi connectivity index (χ4v) is 6.32. The van der Waals surface area contributed by atoms with Gasteiger partial charge in [-0.3, -0.25) is 4.79 Å². The van der Waals surface area contributed by atoms with Crippen molar-refractivity contribution in [1.29, 1.82) is 10.5 Å². The second-order valence-corrected chi connectivity index (χ2v) is 9.85. The lowest BCUT2D eigenvalue weighted by Gasteiger charge is -2.35. The molecule has 1 fully saturated rings. The molecule has 4 aromatic carbocycles. The van der Waals surface area contributed by atoms with Crippen LogP contribution in [0.5, 0.6) is 0 Å². The number of fused-ring (bicyclic) bond motifs is 3. The van der Waals surface area contributed by atoms with Crippen LogP contribution in [0.25, 0.3) is 11.6 Å². The minimum atomic E-state index is -0.535. The third-order valence-electron chi connectivity index (χ3n) is 7.87. The summed E-state index contributed by atoms with van der Waals surface area (Å²) >= 11 is 0. The summed E-state index contributed by atoms with van der Waals surface area (Å²) in [6.45, 7) is 0. The molecule has 1 saturated heterocycles. The molecule has 4 nitrogen and oxygen atoms in total. The molecule has 6 rings (SSSR count). The van der Waals surface area contributed by atoms with Crippen LogP contribution in [0.4, 0.5) is 0 Å². The van der Waals surface area contributed by atoms with Crippen molar-refractivity contribution < 1.29 is 4.79 Å². The molecule has 0 spiro atoms. The van der Waals surface area contributed by atoms with Crippen LogP contribution < -0.4 is 0 Å². The number of allylic oxidation sites excluding steroid dienone is 1. The normalized spacial score (nSPS) is 20.7. The van der Waals surface area contributed by atoms with E-state index in [0.717, 1.165) is 22.3 Å². The zero-order valence-electron chi connectivity index (χ0n) is 21.2. The number of nitriles is 2. The van der Waals surface area contributed by atoms with Gasteiger partial charge in [0.1, 0.15) is 17.7 Å². The molecule has 0 unspecified atom stereocenters. The van der Waals surface area contributed by atoms with Gasteiger partial charge in [0, 0.05) is 23.6 Å². The van der Waals surface area contributed by atoms with Crippen molar-refractivity contribution in [2.75, 3.05) is 0 Å². The minimum Gasteiger partial charge on any atom is -0.359 e. The van der Waals surface area contributed by atoms with E-state index < -0.39 is 6.04 Å². The Morgan fingerprint density at radius 2 is 1.26 bits per heavy atom. The average molecular weight is 504 g/mol. The Kier molecular flexibility index (Phi) is 6.37. The first-order chi connectivity index (χ1) is 19.2. The Morgan fingerprint density at radius 1 is 0.692 bits per heavy atom. The molecule has 4 heteroatoms. The van der Waals surface area contributed by atoms with Crippen LogP contribution in [0.3, 0.4) is 0 Å². The second kappa shape index (κ2) is 10.3. The molecule has 0 saturated carbocycles. The maximum absolute atomic E-state index is 14.4. The SMILES string of the molecule is N#CC(C#N)=C(c1ccccc1)[C@H]1[C@H](c2ccccc2)[C@@H](C(=O)c2ccccc2)N2C=Cc3ccccc3[C@H]12. The fourth-order valence-electron chi connectivity index (χ4n) is 6.32. The number of hydrogen-bond acceptors (Lipinski definition) is 4. The Morgan fingerprint density at radius 3 is 1.90 bits per heavy atom. The van der Waals surface area contributed by atoms with E-state index in [4.69, 9.17) is 0 Å². The number of Topliss-reactive ketones (excluding diaryl/α,β-unsaturated/α-hetero) is 1. The van der Waals surface area contributed by atoms with E-state index in [1.54, 1.807) is 0 Å². The number of carbonyl (C=O) groups is 1. The summed E-state index contributed by atoms with van der Waals surface area (Å²) < 4.78 is 0. The van der Waals surface area contributed by atoms with Crippen LogP contribution >= 0.6 is 0 Å². The lowest BCUT2D eigenvalue weighted by atomic mass is 9.71. The lowest BCUT2D eigenvalue weighted by molar-refractivity contribution is 0.0874. The summed E-state index contributed by atoms with van der Waals surface area (Å²) in [6.07, 6.45) is 4.08. The number of ketones is 1. The van der Waals surface area contributed by atoms with Crippen LogP contribution in [0.1, 0.15) is 44.6 Å². The van der Waals surface area contributed by atoms with Gasteiger partial charge in [-0.15, -0.1) is 0 Å². The molecule has 0 aromatic heterocycles. The van der Waals surface area contributed by atoms with E-state index in [2.05, 4.69) is 47.4 Å². The van der Waals surface area contributed by atoms with Crippen LogP contribution in [0, 0.1) is 28.6 Å². The molecule has 0 amide bonds. The number of hydrogen-bond donors (Lipinski definition) is 0. The lowest BCUT2D eigenvalue weighted by Crippen LogP contribution is -2.37. The van der Waals surface area contributed by atoms with Gasteiger partial charge in [0.25, 0.3) is 0 Å². The van der Waals surface area contributed by atoms with Gasteiger partial charge in [-0.25, -0.2) is 0 Å². The first-order valence-corrected chi connectivity index (χ1v) is 13.0. The quantitative estimate of drug-likeness (QED) is 0.214. The van der Waals surface area contributed by atoms with Crippen LogP contribution in [0.15, 0.2) is 127 Å². The molecule has 4 aromatic rings. The van der Waals surface area contributed by atoms with Crippen molar-refractivity contribution in [3.05, 3.63) is 155 Å². The molecule has 186 valence electrons. The van der Waals surface area contributed by atoms with E-state index in [9.17, 15) is 15.3 Å². The zero-order chi connectivity index (χ0) is 26.8. The second-order valence-electron chi connectivity index (χ2n) is 9.85. The van der Waals surface area contributed by atoms with Gasteiger partial charge >= 0.3 is 0 Å². The summed E-state index contributed by atoms with van der Waals surface area (Å²) in [6, 6.07) is 40.9. The molecular weight excluding hydrogens is 478 g/mol. The summed E-state index contributed by atoms with van der Waals surface area (Å²) in [5, 5.41) is 20.4. The molecule has 2 aliphatic heterocycles. The molecule has 2 aliphatic rings. The summed E-state index contributed by atoms with van der Waals surface area (Å²) in [4.78, 5) is 16.6. The van der Waals surface area contributed by atoms with E-state index >= 15 is 0 Å². The fraction of sp³-hybridized carbons (Fsp3) is 0.114. The first kappa shape index (κ1) is 24.2. The first-order valence-electron chi connectivity index (χ1n) is 13.0. The Labute approximate surface area is 228 Å². The van der Waals surface area contributed by atoms with Gasteiger partial charge in [-0.2, -0.15) is 10.5 Å². The van der Waals surface area contributed by atoms with Crippen molar-refractivity contribution >= 4 is 17.4 Å². The number of benzene rings is 4. The molecule has 4 atom stereocenters. The van der Waals surface area contributed by atoms with Gasteiger partial charge in [0.2, 0.25) is 0 Å². The Balaban J connectivity index is 1.67. The van der Waals surface area contributed by atoms with E-state index in [-0.39, 0.29) is 29.2 Å². The highest BCUT2D eigenvalue weighted by Gasteiger charge is 2.54. The molecule has 0 N–H and O–H groups in total. The highest BCUT2D eigenvalue weighted by atomic mass is 16.1. The predicted molar refractivity (Wildman–Crippen MR) is 152 cm³/mol. The average Bonchev–Trinajstić information content (AvgIpc) is 3.36. The zero-order valence-corrected chi connectivity index (χ0v) is 21.2. The van der Waals surface area contributed by atoms with Crippen LogP contribution in [0.2, 0.25) is 0 Å². The predicted octanol–water partition coefficient (Wildman–Crippen LogP) is 7.18. The van der Waals surface area contributed by atoms with Crippen LogP contribution in [-0.2, 0) is 0 Å². The van der Waals surface area contributed by atoms with E-state index in [1.807, 2.05) is 97.2 Å². The smallest absolute Gasteiger partial charge is 0.185 e. The van der Waals surface area contributed by atoms with Gasteiger partial charge in [0.15, 0.2) is 5.78 Å². The number of carbonyl (C=O) groups excluding carboxylic acids is 1. The van der Waals surface area contributed by atoms with Gasteiger partial charge < -0.3 is 4.90 Å². The highest BCUT2D eigenvalue weighted by Crippen LogP contribution is 2.58. The van der Waals surface area contributed by atoms with E-state index in [1.165, 1.54) is 0 Å². The molecule has 2 heterocycles. The van der Waals surface area contributed by atoms with Crippen molar-refractivity contribution in [2.24, 2.45) is 5.92 Å². The number of nitrogens with zero attached hydrogens (tertiary/aromatic N) is 3. The maximum atomic E-state index is 14.4. The van der Waals surface area contributed by atoms with Gasteiger partial charge in [-0.05, 0) is 33.9 Å². The summed E-state index contributed by atoms with van der Waals surface area (Å²) in [5.74, 6) is -0.636. The largest absolute Gasteiger partial charge is 0.359 e. The monoisotopic (exact) mass is 503 g/mol. The van der Waals surface area contributed by atoms with Crippen molar-refractivity contribution in [1.82, 2.24) is 4.90 Å². The third kappa shape index (κ3) is 4.13. The third-order valence-corrected chi connectivity index (χ3v) is 7.87. The maximum Gasteiger partial charge on any atom is 0.185 e. The van der Waals surface area contributed by atoms with Crippen molar-refractivity contribution in [3.63, 3.8) is 0 Å². The summed E-state index contributed by atoms with van der Waals surface area (Å²) in [7, 11) is 0. The van der Waals surface area contributed by atoms with Gasteiger partial charge in [-0.1, -0.05) is 115 Å². The highest BCUT2D eigenvalue weighted by molar-refractivity contribution is 6.02. The molecular formula is C35H25N3O. The molecule has 0 bridgehead atoms. The summed E-state index contributed by atoms with van der Waals surface area (Å²) in [5.41, 5.74) is 5.37. The van der Waals surface area contributed by atoms with Crippen molar-refractivity contribution in [2.45, 2.75) is 18.0 Å². The van der Waals surface area contributed by atoms with Gasteiger partial charge in [0.05, 0.1) is 12.1 Å². The Hall–Kier alpha value is -5.19. The topological polar surface area (TPSA) is 67.9 Å². The standard InChI is InChI=1S/C35H25N3O/c36-22-28(23-37)30(25-13-4-1-5-14-25)32-31(26-15-6-2-7-16-26)34(35(39)27-17-8-3-9-18-27)38-21-20-24-12-10-11-19-29(24)33(32)38/h1-21,31-34H/t31-,32-,33+,34-/m0/s1. The van der Waals surface area contributed by atoms with Crippen LogP contribution in [-0.4, -0.2) is 16.7 Å². The molecule has 39 heavy (non-hydrogen) atoms. The molecule has 0 aliphatic carbocycles. The Bertz CT molecular complexity index is 1640. The van der Waals surface area contributed by atoms with E-state index in [0.29, 0.717) is 11.1 Å². The molecule has 0 radical (unpaired) electrons. The van der Waals surface area contributed by atoms with Crippen molar-refractivity contribution in [3.8, 4) is 12.1 Å². The number of rotatable bonds is 5. The minimum absolute atomic E-state index is 0.0175.